The molecule has 0 radical (unpaired) electrons. The molecule has 0 fully saturated rings. The number of carbonyl (C=O) groups excluding carboxylic acids is 1. The zero-order valence-corrected chi connectivity index (χ0v) is 12.4. The molecule has 118 valence electrons. The molecule has 6 nitrogen and oxygen atoms in total. The van der Waals surface area contributed by atoms with Gasteiger partial charge in [-0.3, -0.25) is 4.99 Å². The van der Waals surface area contributed by atoms with Crippen LogP contribution in [0.3, 0.4) is 0 Å². The third kappa shape index (κ3) is 4.16. The van der Waals surface area contributed by atoms with Crippen molar-refractivity contribution >= 4 is 23.8 Å². The summed E-state index contributed by atoms with van der Waals surface area (Å²) in [6.45, 7) is 2.02. The minimum Gasteiger partial charge on any atom is -0.872 e. The lowest BCUT2D eigenvalue weighted by molar-refractivity contribution is -0.268. The standard InChI is InChI=1S/C17H15NO5/c1-2-23-17(22)11-3-6-14(7-4-11)18-10-13-9-12(16(20)21)5-8-15(13)19/h3-10,19H,2H2,1H3,(H,20,21)/p-1. The first-order chi connectivity index (χ1) is 11.0. The number of hydrogen-bond donors (Lipinski definition) is 1. The van der Waals surface area contributed by atoms with Crippen molar-refractivity contribution < 1.29 is 24.5 Å². The maximum absolute atomic E-state index is 11.7. The molecule has 2 rings (SSSR count). The number of benzene rings is 2. The van der Waals surface area contributed by atoms with Crippen molar-refractivity contribution in [3.05, 3.63) is 59.2 Å². The van der Waals surface area contributed by atoms with Gasteiger partial charge in [0.25, 0.3) is 0 Å². The molecule has 0 aromatic heterocycles. The summed E-state index contributed by atoms with van der Waals surface area (Å²) in [4.78, 5) is 26.5. The number of rotatable bonds is 5. The number of aromatic carboxylic acids is 1. The molecule has 0 spiro atoms. The number of hydrogen-bond acceptors (Lipinski definition) is 5. The SMILES string of the molecule is CCOC(=O)c1ccc(N=Cc2cc(C(=O)O)ccc2[O-])cc1. The Balaban J connectivity index is 2.19. The van der Waals surface area contributed by atoms with Gasteiger partial charge < -0.3 is 14.9 Å². The topological polar surface area (TPSA) is 99.0 Å². The maximum atomic E-state index is 11.7. The lowest BCUT2D eigenvalue weighted by Crippen LogP contribution is -2.03. The highest BCUT2D eigenvalue weighted by Gasteiger charge is 2.05. The van der Waals surface area contributed by atoms with Crippen LogP contribution in [0.25, 0.3) is 0 Å². The zero-order valence-electron chi connectivity index (χ0n) is 12.4. The molecule has 0 amide bonds. The largest absolute Gasteiger partial charge is 0.872 e. The summed E-state index contributed by atoms with van der Waals surface area (Å²) < 4.78 is 4.87. The van der Waals surface area contributed by atoms with Gasteiger partial charge in [-0.05, 0) is 48.9 Å². The van der Waals surface area contributed by atoms with Crippen LogP contribution in [-0.2, 0) is 4.74 Å². The van der Waals surface area contributed by atoms with Gasteiger partial charge in [0.1, 0.15) is 0 Å². The van der Waals surface area contributed by atoms with E-state index in [-0.39, 0.29) is 16.9 Å². The van der Waals surface area contributed by atoms with E-state index in [0.29, 0.717) is 17.9 Å². The number of carboxylic acid groups (broad SMARTS) is 1. The molecule has 0 heterocycles. The molecule has 0 aliphatic carbocycles. The van der Waals surface area contributed by atoms with Crippen LogP contribution in [0.15, 0.2) is 47.5 Å². The van der Waals surface area contributed by atoms with Gasteiger partial charge in [0.15, 0.2) is 0 Å². The summed E-state index contributed by atoms with van der Waals surface area (Å²) in [5, 5.41) is 20.6. The smallest absolute Gasteiger partial charge is 0.338 e. The molecule has 0 saturated heterocycles. The first-order valence-electron chi connectivity index (χ1n) is 6.87. The second kappa shape index (κ2) is 7.22. The van der Waals surface area contributed by atoms with Gasteiger partial charge in [-0.1, -0.05) is 6.07 Å². The lowest BCUT2D eigenvalue weighted by Gasteiger charge is -2.10. The fourth-order valence-electron chi connectivity index (χ4n) is 1.82. The van der Waals surface area contributed by atoms with Crippen LogP contribution in [0.4, 0.5) is 5.69 Å². The predicted octanol–water partition coefficient (Wildman–Crippen LogP) is 2.39. The van der Waals surface area contributed by atoms with Gasteiger partial charge in [0.05, 0.1) is 23.4 Å². The van der Waals surface area contributed by atoms with Gasteiger partial charge in [0, 0.05) is 6.21 Å². The monoisotopic (exact) mass is 312 g/mol. The fourth-order valence-corrected chi connectivity index (χ4v) is 1.82. The third-order valence-corrected chi connectivity index (χ3v) is 2.99. The fraction of sp³-hybridized carbons (Fsp3) is 0.118. The Labute approximate surface area is 132 Å². The number of carboxylic acids is 1. The van der Waals surface area contributed by atoms with Gasteiger partial charge in [-0.2, -0.15) is 0 Å². The Morgan fingerprint density at radius 3 is 2.43 bits per heavy atom. The first-order valence-corrected chi connectivity index (χ1v) is 6.87. The number of esters is 1. The maximum Gasteiger partial charge on any atom is 0.338 e. The summed E-state index contributed by atoms with van der Waals surface area (Å²) >= 11 is 0. The Bertz CT molecular complexity index is 750. The second-order valence-corrected chi connectivity index (χ2v) is 4.58. The zero-order chi connectivity index (χ0) is 16.8. The number of ether oxygens (including phenoxy) is 1. The molecule has 0 unspecified atom stereocenters. The lowest BCUT2D eigenvalue weighted by atomic mass is 10.1. The van der Waals surface area contributed by atoms with E-state index in [2.05, 4.69) is 4.99 Å². The van der Waals surface area contributed by atoms with E-state index in [4.69, 9.17) is 9.84 Å². The van der Waals surface area contributed by atoms with Crippen molar-refractivity contribution in [2.24, 2.45) is 4.99 Å². The molecule has 0 aliphatic rings. The first kappa shape index (κ1) is 16.2. The summed E-state index contributed by atoms with van der Waals surface area (Å²) in [6, 6.07) is 10.0. The van der Waals surface area contributed by atoms with Crippen LogP contribution >= 0.6 is 0 Å². The van der Waals surface area contributed by atoms with Gasteiger partial charge in [0.2, 0.25) is 0 Å². The molecule has 2 aromatic rings. The summed E-state index contributed by atoms with van der Waals surface area (Å²) in [6.07, 6.45) is 1.30. The Hall–Kier alpha value is -3.15. The third-order valence-electron chi connectivity index (χ3n) is 2.99. The molecule has 6 heteroatoms. The Morgan fingerprint density at radius 2 is 1.83 bits per heavy atom. The molecule has 2 aromatic carbocycles. The number of carbonyl (C=O) groups is 2. The molecule has 0 atom stereocenters. The van der Waals surface area contributed by atoms with Crippen LogP contribution in [0.5, 0.6) is 5.75 Å². The van der Waals surface area contributed by atoms with Crippen LogP contribution in [0, 0.1) is 0 Å². The quantitative estimate of drug-likeness (QED) is 0.675. The molecular formula is C17H14NO5-. The van der Waals surface area contributed by atoms with Crippen LogP contribution in [0.1, 0.15) is 33.2 Å². The Kier molecular flexibility index (Phi) is 5.09. The van der Waals surface area contributed by atoms with E-state index < -0.39 is 11.9 Å². The average Bonchev–Trinajstić information content (AvgIpc) is 2.54. The summed E-state index contributed by atoms with van der Waals surface area (Å²) in [5.74, 6) is -1.85. The molecule has 0 bridgehead atoms. The van der Waals surface area contributed by atoms with Gasteiger partial charge in [-0.25, -0.2) is 9.59 Å². The van der Waals surface area contributed by atoms with E-state index in [1.165, 1.54) is 24.4 Å². The average molecular weight is 312 g/mol. The number of aliphatic imine (C=N–C) groups is 1. The molecule has 1 N–H and O–H groups in total. The highest BCUT2D eigenvalue weighted by atomic mass is 16.5. The minimum absolute atomic E-state index is 0.0173. The Morgan fingerprint density at radius 1 is 1.17 bits per heavy atom. The molecule has 23 heavy (non-hydrogen) atoms. The molecule has 0 saturated carbocycles. The highest BCUT2D eigenvalue weighted by Crippen LogP contribution is 2.17. The van der Waals surface area contributed by atoms with Crippen LogP contribution in [0.2, 0.25) is 0 Å². The van der Waals surface area contributed by atoms with E-state index in [0.717, 1.165) is 0 Å². The van der Waals surface area contributed by atoms with Crippen molar-refractivity contribution in [2.45, 2.75) is 6.92 Å². The summed E-state index contributed by atoms with van der Waals surface area (Å²) in [5.41, 5.74) is 1.13. The minimum atomic E-state index is -1.11. The highest BCUT2D eigenvalue weighted by molar-refractivity contribution is 5.93. The summed E-state index contributed by atoms with van der Waals surface area (Å²) in [7, 11) is 0. The van der Waals surface area contributed by atoms with E-state index in [9.17, 15) is 14.7 Å². The van der Waals surface area contributed by atoms with E-state index in [1.807, 2.05) is 0 Å². The van der Waals surface area contributed by atoms with Gasteiger partial charge >= 0.3 is 11.9 Å². The van der Waals surface area contributed by atoms with Crippen molar-refractivity contribution in [3.63, 3.8) is 0 Å². The molecular weight excluding hydrogens is 298 g/mol. The van der Waals surface area contributed by atoms with Crippen molar-refractivity contribution in [2.75, 3.05) is 6.61 Å². The van der Waals surface area contributed by atoms with Crippen molar-refractivity contribution in [1.82, 2.24) is 0 Å². The van der Waals surface area contributed by atoms with Crippen LogP contribution < -0.4 is 5.11 Å². The number of nitrogens with zero attached hydrogens (tertiary/aromatic N) is 1. The predicted molar refractivity (Wildman–Crippen MR) is 82.5 cm³/mol. The van der Waals surface area contributed by atoms with Crippen molar-refractivity contribution in [1.29, 1.82) is 0 Å². The molecule has 0 aliphatic heterocycles. The normalized spacial score (nSPS) is 10.7. The van der Waals surface area contributed by atoms with Gasteiger partial charge in [-0.15, -0.1) is 5.75 Å². The van der Waals surface area contributed by atoms with E-state index >= 15 is 0 Å². The van der Waals surface area contributed by atoms with Crippen molar-refractivity contribution in [3.8, 4) is 5.75 Å². The second-order valence-electron chi connectivity index (χ2n) is 4.58. The van der Waals surface area contributed by atoms with Crippen LogP contribution in [-0.4, -0.2) is 29.9 Å². The van der Waals surface area contributed by atoms with E-state index in [1.54, 1.807) is 31.2 Å².